The first-order valence-corrected chi connectivity index (χ1v) is 9.59. The third-order valence-electron chi connectivity index (χ3n) is 4.94. The summed E-state index contributed by atoms with van der Waals surface area (Å²) in [7, 11) is 0. The first-order chi connectivity index (χ1) is 14.6. The number of nitrogens with zero attached hydrogens (tertiary/aromatic N) is 2. The molecule has 0 saturated heterocycles. The second kappa shape index (κ2) is 8.10. The molecule has 1 aromatic heterocycles. The second-order valence-electron chi connectivity index (χ2n) is 6.79. The minimum Gasteiger partial charge on any atom is -0.462 e. The lowest BCUT2D eigenvalue weighted by Crippen LogP contribution is -2.18. The number of fused-ring (bicyclic) bond motifs is 1. The van der Waals surface area contributed by atoms with Gasteiger partial charge in [0.05, 0.1) is 41.4 Å². The molecule has 0 amide bonds. The zero-order valence-electron chi connectivity index (χ0n) is 16.4. The fourth-order valence-electron chi connectivity index (χ4n) is 3.55. The Morgan fingerprint density at radius 2 is 1.83 bits per heavy atom. The fourth-order valence-corrected chi connectivity index (χ4v) is 3.55. The van der Waals surface area contributed by atoms with Gasteiger partial charge in [-0.3, -0.25) is 4.57 Å². The quantitative estimate of drug-likeness (QED) is 0.514. The Labute approximate surface area is 173 Å². The summed E-state index contributed by atoms with van der Waals surface area (Å²) in [4.78, 5) is 27.7. The zero-order chi connectivity index (χ0) is 21.1. The van der Waals surface area contributed by atoms with Crippen molar-refractivity contribution in [3.63, 3.8) is 0 Å². The number of aromatic nitrogens is 2. The number of para-hydroxylation sites is 1. The van der Waals surface area contributed by atoms with Gasteiger partial charge in [0, 0.05) is 0 Å². The highest BCUT2D eigenvalue weighted by Crippen LogP contribution is 2.24. The lowest BCUT2D eigenvalue weighted by molar-refractivity contribution is 0.0528. The Hall–Kier alpha value is -4.11. The summed E-state index contributed by atoms with van der Waals surface area (Å²) in [5, 5.41) is 9.32. The molecule has 0 saturated carbocycles. The first kappa shape index (κ1) is 19.2. The summed E-state index contributed by atoms with van der Waals surface area (Å²) in [6.07, 6.45) is 0. The molecule has 3 aromatic carbocycles. The monoisotopic (exact) mass is 397 g/mol. The van der Waals surface area contributed by atoms with Crippen LogP contribution in [0, 0.1) is 11.3 Å². The van der Waals surface area contributed by atoms with Crippen molar-refractivity contribution >= 4 is 17.0 Å². The fraction of sp³-hybridized carbons (Fsp3) is 0.125. The van der Waals surface area contributed by atoms with Gasteiger partial charge in [0.1, 0.15) is 0 Å². The Kier molecular flexibility index (Phi) is 5.19. The van der Waals surface area contributed by atoms with E-state index in [0.29, 0.717) is 28.7 Å². The Balaban J connectivity index is 1.71. The zero-order valence-corrected chi connectivity index (χ0v) is 16.4. The van der Waals surface area contributed by atoms with Gasteiger partial charge >= 0.3 is 11.7 Å². The molecule has 0 radical (unpaired) electrons. The van der Waals surface area contributed by atoms with Crippen molar-refractivity contribution in [1.82, 2.24) is 9.55 Å². The van der Waals surface area contributed by atoms with E-state index >= 15 is 0 Å². The van der Waals surface area contributed by atoms with Crippen molar-refractivity contribution in [3.05, 3.63) is 93.9 Å². The molecule has 0 bridgehead atoms. The van der Waals surface area contributed by atoms with E-state index in [-0.39, 0.29) is 12.3 Å². The molecule has 6 nitrogen and oxygen atoms in total. The lowest BCUT2D eigenvalue weighted by Gasteiger charge is -2.09. The van der Waals surface area contributed by atoms with Crippen molar-refractivity contribution in [3.8, 4) is 17.2 Å². The molecule has 0 aliphatic carbocycles. The maximum atomic E-state index is 12.6. The van der Waals surface area contributed by atoms with Crippen LogP contribution in [0.1, 0.15) is 28.4 Å². The van der Waals surface area contributed by atoms with Gasteiger partial charge in [-0.25, -0.2) is 9.59 Å². The largest absolute Gasteiger partial charge is 0.462 e. The average Bonchev–Trinajstić information content (AvgIpc) is 3.09. The van der Waals surface area contributed by atoms with Gasteiger partial charge in [0.25, 0.3) is 0 Å². The Morgan fingerprint density at radius 1 is 1.07 bits per heavy atom. The SMILES string of the molecule is CCOC(=O)c1cccc2[nH]c(=O)n(Cc3ccc(-c4ccccc4C#N)cc3)c12. The maximum absolute atomic E-state index is 12.6. The van der Waals surface area contributed by atoms with Gasteiger partial charge in [0.2, 0.25) is 0 Å². The van der Waals surface area contributed by atoms with Crippen LogP contribution in [0.4, 0.5) is 0 Å². The summed E-state index contributed by atoms with van der Waals surface area (Å²) in [5.74, 6) is -0.459. The van der Waals surface area contributed by atoms with Crippen LogP contribution in [0.5, 0.6) is 0 Å². The molecule has 0 atom stereocenters. The Morgan fingerprint density at radius 3 is 2.57 bits per heavy atom. The van der Waals surface area contributed by atoms with Crippen LogP contribution in [0.3, 0.4) is 0 Å². The highest BCUT2D eigenvalue weighted by atomic mass is 16.5. The maximum Gasteiger partial charge on any atom is 0.340 e. The molecule has 30 heavy (non-hydrogen) atoms. The van der Waals surface area contributed by atoms with E-state index in [9.17, 15) is 14.9 Å². The van der Waals surface area contributed by atoms with Crippen molar-refractivity contribution in [2.75, 3.05) is 6.61 Å². The number of rotatable bonds is 5. The van der Waals surface area contributed by atoms with E-state index in [0.717, 1.165) is 16.7 Å². The van der Waals surface area contributed by atoms with E-state index in [4.69, 9.17) is 4.74 Å². The number of nitrogens with one attached hydrogen (secondary N) is 1. The molecule has 0 fully saturated rings. The normalized spacial score (nSPS) is 10.7. The van der Waals surface area contributed by atoms with Gasteiger partial charge in [0.15, 0.2) is 0 Å². The molecule has 0 spiro atoms. The lowest BCUT2D eigenvalue weighted by atomic mass is 9.99. The van der Waals surface area contributed by atoms with Crippen molar-refractivity contribution in [1.29, 1.82) is 5.26 Å². The van der Waals surface area contributed by atoms with Gasteiger partial charge in [-0.15, -0.1) is 0 Å². The van der Waals surface area contributed by atoms with Crippen LogP contribution in [0.2, 0.25) is 0 Å². The number of hydrogen-bond donors (Lipinski definition) is 1. The number of esters is 1. The highest BCUT2D eigenvalue weighted by molar-refractivity contribution is 6.02. The predicted molar refractivity (Wildman–Crippen MR) is 114 cm³/mol. The van der Waals surface area contributed by atoms with E-state index in [2.05, 4.69) is 11.1 Å². The minimum atomic E-state index is -0.459. The van der Waals surface area contributed by atoms with Gasteiger partial charge in [-0.05, 0) is 41.8 Å². The van der Waals surface area contributed by atoms with E-state index in [1.807, 2.05) is 42.5 Å². The van der Waals surface area contributed by atoms with Crippen molar-refractivity contribution in [2.24, 2.45) is 0 Å². The number of benzene rings is 3. The van der Waals surface area contributed by atoms with Crippen LogP contribution < -0.4 is 5.69 Å². The Bertz CT molecular complexity index is 1320. The van der Waals surface area contributed by atoms with Gasteiger partial charge in [-0.1, -0.05) is 48.5 Å². The predicted octanol–water partition coefficient (Wildman–Crippen LogP) is 4.09. The molecule has 4 aromatic rings. The summed E-state index contributed by atoms with van der Waals surface area (Å²) < 4.78 is 6.68. The average molecular weight is 397 g/mol. The number of aromatic amines is 1. The highest BCUT2D eigenvalue weighted by Gasteiger charge is 2.17. The first-order valence-electron chi connectivity index (χ1n) is 9.59. The molecule has 1 N–H and O–H groups in total. The molecule has 4 rings (SSSR count). The molecule has 1 heterocycles. The van der Waals surface area contributed by atoms with Gasteiger partial charge < -0.3 is 9.72 Å². The molecule has 0 unspecified atom stereocenters. The molecular formula is C24H19N3O3. The number of nitriles is 1. The third-order valence-corrected chi connectivity index (χ3v) is 4.94. The summed E-state index contributed by atoms with van der Waals surface area (Å²) >= 11 is 0. The van der Waals surface area contributed by atoms with Gasteiger partial charge in [-0.2, -0.15) is 5.26 Å². The molecule has 0 aliphatic rings. The smallest absolute Gasteiger partial charge is 0.340 e. The van der Waals surface area contributed by atoms with Crippen LogP contribution in [0.15, 0.2) is 71.5 Å². The molecular weight excluding hydrogens is 378 g/mol. The van der Waals surface area contributed by atoms with Crippen LogP contribution in [-0.2, 0) is 11.3 Å². The number of H-pyrrole nitrogens is 1. The number of ether oxygens (including phenoxy) is 1. The summed E-state index contributed by atoms with van der Waals surface area (Å²) in [6, 6.07) is 22.5. The van der Waals surface area contributed by atoms with Crippen LogP contribution >= 0.6 is 0 Å². The van der Waals surface area contributed by atoms with E-state index in [1.54, 1.807) is 35.8 Å². The van der Waals surface area contributed by atoms with Crippen molar-refractivity contribution in [2.45, 2.75) is 13.5 Å². The third kappa shape index (κ3) is 3.49. The van der Waals surface area contributed by atoms with Crippen LogP contribution in [0.25, 0.3) is 22.2 Å². The van der Waals surface area contributed by atoms with E-state index in [1.165, 1.54) is 0 Å². The molecule has 148 valence electrons. The van der Waals surface area contributed by atoms with Crippen LogP contribution in [-0.4, -0.2) is 22.1 Å². The molecule has 0 aliphatic heterocycles. The minimum absolute atomic E-state index is 0.259. The van der Waals surface area contributed by atoms with E-state index < -0.39 is 5.97 Å². The standard InChI is InChI=1S/C24H19N3O3/c1-2-30-23(28)20-8-5-9-21-22(20)27(24(29)26-21)15-16-10-12-17(13-11-16)19-7-4-3-6-18(19)14-25/h3-13H,2,15H2,1H3,(H,26,29). The number of carbonyl (C=O) groups excluding carboxylic acids is 1. The number of carbonyl (C=O) groups is 1. The topological polar surface area (TPSA) is 87.9 Å². The number of imidazole rings is 1. The second-order valence-corrected chi connectivity index (χ2v) is 6.79. The molecule has 6 heteroatoms. The van der Waals surface area contributed by atoms with Crippen molar-refractivity contribution < 1.29 is 9.53 Å². The summed E-state index contributed by atoms with van der Waals surface area (Å²) in [5.41, 5.74) is 4.47. The number of hydrogen-bond acceptors (Lipinski definition) is 4. The summed E-state index contributed by atoms with van der Waals surface area (Å²) in [6.45, 7) is 2.30.